The van der Waals surface area contributed by atoms with Gasteiger partial charge in [-0.05, 0) is 57.4 Å². The second-order valence-electron chi connectivity index (χ2n) is 8.38. The second kappa shape index (κ2) is 9.88. The molecule has 1 saturated heterocycles. The van der Waals surface area contributed by atoms with E-state index in [0.29, 0.717) is 29.3 Å². The zero-order valence-electron chi connectivity index (χ0n) is 18.8. The number of nitrogens with one attached hydrogen (secondary N) is 1. The molecule has 2 aliphatic rings. The van der Waals surface area contributed by atoms with Gasteiger partial charge in [0.2, 0.25) is 10.0 Å². The molecule has 3 atom stereocenters. The monoisotopic (exact) mass is 486 g/mol. The summed E-state index contributed by atoms with van der Waals surface area (Å²) in [6.45, 7) is 5.77. The first kappa shape index (κ1) is 24.7. The molecule has 0 radical (unpaired) electrons. The van der Waals surface area contributed by atoms with Gasteiger partial charge in [0.1, 0.15) is 11.0 Å². The van der Waals surface area contributed by atoms with Crippen molar-refractivity contribution in [2.45, 2.75) is 65.0 Å². The summed E-state index contributed by atoms with van der Waals surface area (Å²) in [4.78, 5) is 39.0. The minimum atomic E-state index is -3.55. The largest absolute Gasteiger partial charge is 0.462 e. The SMILES string of the molecule is CCOC(=O)c1c(NC(=O)[C@H](C)OC(=O)[C@@H]2CCCN2S(C)(=O)=O)sc2c1CC[C@@H](C)C2. The highest BCUT2D eigenvalue weighted by Gasteiger charge is 2.39. The van der Waals surface area contributed by atoms with E-state index in [4.69, 9.17) is 9.47 Å². The molecule has 1 aliphatic heterocycles. The van der Waals surface area contributed by atoms with Crippen LogP contribution >= 0.6 is 11.3 Å². The molecule has 178 valence electrons. The molecular weight excluding hydrogens is 456 g/mol. The van der Waals surface area contributed by atoms with Gasteiger partial charge in [0.05, 0.1) is 18.4 Å². The lowest BCUT2D eigenvalue weighted by atomic mass is 9.88. The van der Waals surface area contributed by atoms with Crippen LogP contribution in [0.1, 0.15) is 60.8 Å². The van der Waals surface area contributed by atoms with Crippen LogP contribution in [0.4, 0.5) is 5.00 Å². The normalized spacial score (nSPS) is 22.1. The lowest BCUT2D eigenvalue weighted by molar-refractivity contribution is -0.156. The highest BCUT2D eigenvalue weighted by molar-refractivity contribution is 7.88. The number of hydrogen-bond donors (Lipinski definition) is 1. The minimum absolute atomic E-state index is 0.222. The van der Waals surface area contributed by atoms with E-state index in [-0.39, 0.29) is 13.2 Å². The first-order chi connectivity index (χ1) is 15.0. The van der Waals surface area contributed by atoms with Gasteiger partial charge in [0.15, 0.2) is 6.10 Å². The van der Waals surface area contributed by atoms with Gasteiger partial charge in [-0.2, -0.15) is 4.31 Å². The van der Waals surface area contributed by atoms with Gasteiger partial charge in [-0.3, -0.25) is 9.59 Å². The smallest absolute Gasteiger partial charge is 0.341 e. The van der Waals surface area contributed by atoms with Gasteiger partial charge >= 0.3 is 11.9 Å². The summed E-state index contributed by atoms with van der Waals surface area (Å²) >= 11 is 1.35. The molecule has 9 nitrogen and oxygen atoms in total. The Morgan fingerprint density at radius 1 is 1.28 bits per heavy atom. The molecule has 3 rings (SSSR count). The van der Waals surface area contributed by atoms with E-state index in [2.05, 4.69) is 12.2 Å². The van der Waals surface area contributed by atoms with Crippen LogP contribution in [0.5, 0.6) is 0 Å². The first-order valence-electron chi connectivity index (χ1n) is 10.8. The Balaban J connectivity index is 1.74. The molecule has 0 aromatic carbocycles. The van der Waals surface area contributed by atoms with Gasteiger partial charge < -0.3 is 14.8 Å². The maximum Gasteiger partial charge on any atom is 0.341 e. The molecule has 1 aromatic rings. The summed E-state index contributed by atoms with van der Waals surface area (Å²) in [6.07, 6.45) is 3.32. The van der Waals surface area contributed by atoms with Crippen molar-refractivity contribution in [3.63, 3.8) is 0 Å². The van der Waals surface area contributed by atoms with Crippen molar-refractivity contribution < 1.29 is 32.3 Å². The molecular formula is C21H30N2O7S2. The van der Waals surface area contributed by atoms with E-state index in [1.165, 1.54) is 18.3 Å². The molecule has 0 unspecified atom stereocenters. The molecule has 32 heavy (non-hydrogen) atoms. The molecule has 1 amide bonds. The van der Waals surface area contributed by atoms with Crippen LogP contribution in [-0.2, 0) is 41.9 Å². The fourth-order valence-corrected chi connectivity index (χ4v) is 6.67. The number of sulfonamides is 1. The molecule has 1 aliphatic carbocycles. The zero-order chi connectivity index (χ0) is 23.6. The number of anilines is 1. The summed E-state index contributed by atoms with van der Waals surface area (Å²) in [5.41, 5.74) is 1.30. The van der Waals surface area contributed by atoms with Crippen LogP contribution in [0.3, 0.4) is 0 Å². The van der Waals surface area contributed by atoms with Crippen LogP contribution in [-0.4, -0.2) is 62.1 Å². The fraction of sp³-hybridized carbons (Fsp3) is 0.667. The summed E-state index contributed by atoms with van der Waals surface area (Å²) in [5, 5.41) is 3.13. The topological polar surface area (TPSA) is 119 Å². The number of ether oxygens (including phenoxy) is 2. The van der Waals surface area contributed by atoms with Gasteiger partial charge in [-0.25, -0.2) is 13.2 Å². The number of fused-ring (bicyclic) bond motifs is 1. The van der Waals surface area contributed by atoms with Gasteiger partial charge in [-0.15, -0.1) is 11.3 Å². The lowest BCUT2D eigenvalue weighted by Crippen LogP contribution is -2.43. The number of amides is 1. The molecule has 1 fully saturated rings. The van der Waals surface area contributed by atoms with E-state index < -0.39 is 40.0 Å². The third-order valence-corrected chi connectivity index (χ3v) is 8.25. The number of rotatable bonds is 7. The van der Waals surface area contributed by atoms with Crippen molar-refractivity contribution in [3.8, 4) is 0 Å². The molecule has 2 heterocycles. The van der Waals surface area contributed by atoms with E-state index in [0.717, 1.165) is 40.3 Å². The average molecular weight is 487 g/mol. The fourth-order valence-electron chi connectivity index (χ4n) is 4.15. The third kappa shape index (κ3) is 5.32. The molecule has 11 heteroatoms. The summed E-state index contributed by atoms with van der Waals surface area (Å²) in [7, 11) is -3.55. The van der Waals surface area contributed by atoms with Crippen molar-refractivity contribution in [2.75, 3.05) is 24.7 Å². The Kier molecular flexibility index (Phi) is 7.61. The average Bonchev–Trinajstić information content (AvgIpc) is 3.32. The van der Waals surface area contributed by atoms with Gasteiger partial charge in [0.25, 0.3) is 5.91 Å². The van der Waals surface area contributed by atoms with Crippen LogP contribution in [0.15, 0.2) is 0 Å². The second-order valence-corrected chi connectivity index (χ2v) is 11.4. The predicted molar refractivity (Wildman–Crippen MR) is 120 cm³/mol. The minimum Gasteiger partial charge on any atom is -0.462 e. The number of thiophene rings is 1. The number of hydrogen-bond acceptors (Lipinski definition) is 8. The van der Waals surface area contributed by atoms with Crippen LogP contribution in [0.2, 0.25) is 0 Å². The van der Waals surface area contributed by atoms with Crippen molar-refractivity contribution in [2.24, 2.45) is 5.92 Å². The van der Waals surface area contributed by atoms with Crippen molar-refractivity contribution in [3.05, 3.63) is 16.0 Å². The Morgan fingerprint density at radius 3 is 2.66 bits per heavy atom. The molecule has 1 N–H and O–H groups in total. The van der Waals surface area contributed by atoms with Gasteiger partial charge in [-0.1, -0.05) is 6.92 Å². The van der Waals surface area contributed by atoms with E-state index in [1.807, 2.05) is 0 Å². The number of esters is 2. The van der Waals surface area contributed by atoms with Crippen molar-refractivity contribution in [1.29, 1.82) is 0 Å². The Hall–Kier alpha value is -1.98. The highest BCUT2D eigenvalue weighted by atomic mass is 32.2. The standard InChI is InChI=1S/C21H30N2O7S2/c1-5-29-21(26)17-14-9-8-12(2)11-16(14)31-19(17)22-18(24)13(3)30-20(25)15-7-6-10-23(15)32(4,27)28/h12-13,15H,5-11H2,1-4H3,(H,22,24)/t12-,13+,15+/m1/s1. The van der Waals surface area contributed by atoms with Gasteiger partial charge in [0, 0.05) is 11.4 Å². The third-order valence-electron chi connectivity index (χ3n) is 5.79. The highest BCUT2D eigenvalue weighted by Crippen LogP contribution is 2.40. The quantitative estimate of drug-likeness (QED) is 0.588. The number of nitrogens with zero attached hydrogens (tertiary/aromatic N) is 1. The molecule has 0 bridgehead atoms. The molecule has 0 saturated carbocycles. The molecule has 1 aromatic heterocycles. The maximum atomic E-state index is 12.8. The van der Waals surface area contributed by atoms with Crippen LogP contribution < -0.4 is 5.32 Å². The maximum absolute atomic E-state index is 12.8. The van der Waals surface area contributed by atoms with Crippen molar-refractivity contribution in [1.82, 2.24) is 4.31 Å². The Labute approximate surface area is 192 Å². The summed E-state index contributed by atoms with van der Waals surface area (Å²) in [6, 6.07) is -0.925. The Bertz CT molecular complexity index is 1000. The van der Waals surface area contributed by atoms with E-state index >= 15 is 0 Å². The zero-order valence-corrected chi connectivity index (χ0v) is 20.4. The summed E-state index contributed by atoms with van der Waals surface area (Å²) in [5.74, 6) is -1.32. The Morgan fingerprint density at radius 2 is 2.00 bits per heavy atom. The van der Waals surface area contributed by atoms with Crippen LogP contribution in [0, 0.1) is 5.92 Å². The van der Waals surface area contributed by atoms with E-state index in [9.17, 15) is 22.8 Å². The predicted octanol–water partition coefficient (Wildman–Crippen LogP) is 2.34. The van der Waals surface area contributed by atoms with E-state index in [1.54, 1.807) is 6.92 Å². The van der Waals surface area contributed by atoms with Crippen molar-refractivity contribution >= 4 is 44.2 Å². The number of carbonyl (C=O) groups excluding carboxylic acids is 3. The van der Waals surface area contributed by atoms with Crippen LogP contribution in [0.25, 0.3) is 0 Å². The summed E-state index contributed by atoms with van der Waals surface area (Å²) < 4.78 is 35.4. The first-order valence-corrected chi connectivity index (χ1v) is 13.5. The molecule has 0 spiro atoms. The number of carbonyl (C=O) groups is 3. The lowest BCUT2D eigenvalue weighted by Gasteiger charge is -2.22.